The van der Waals surface area contributed by atoms with Gasteiger partial charge in [-0.15, -0.1) is 0 Å². The van der Waals surface area contributed by atoms with Crippen LogP contribution < -0.4 is 0 Å². The van der Waals surface area contributed by atoms with Crippen molar-refractivity contribution in [1.82, 2.24) is 9.13 Å². The van der Waals surface area contributed by atoms with Gasteiger partial charge in [-0.2, -0.15) is 0 Å². The fourth-order valence-electron chi connectivity index (χ4n) is 8.03. The Morgan fingerprint density at radius 3 is 2.10 bits per heavy atom. The molecule has 0 bridgehead atoms. The summed E-state index contributed by atoms with van der Waals surface area (Å²) < 4.78 is 11.6. The van der Waals surface area contributed by atoms with E-state index in [1.54, 1.807) is 0 Å². The van der Waals surface area contributed by atoms with E-state index in [1.165, 1.54) is 67.5 Å². The highest BCUT2D eigenvalue weighted by Gasteiger charge is 2.22. The summed E-state index contributed by atoms with van der Waals surface area (Å²) in [4.78, 5) is 0. The molecule has 0 unspecified atom stereocenters. The lowest BCUT2D eigenvalue weighted by Gasteiger charge is -2.12. The summed E-state index contributed by atoms with van der Waals surface area (Å²) in [6.45, 7) is 2.25. The van der Waals surface area contributed by atoms with Gasteiger partial charge in [0.1, 0.15) is 5.58 Å². The van der Waals surface area contributed by atoms with Crippen molar-refractivity contribution >= 4 is 65.6 Å². The monoisotopic (exact) mass is 630 g/mol. The molecule has 0 amide bonds. The highest BCUT2D eigenvalue weighted by atomic mass is 16.3. The van der Waals surface area contributed by atoms with Crippen molar-refractivity contribution in [2.45, 2.75) is 26.2 Å². The Hall–Kier alpha value is -6.06. The zero-order valence-electron chi connectivity index (χ0n) is 27.4. The van der Waals surface area contributed by atoms with E-state index in [-0.39, 0.29) is 0 Å². The van der Waals surface area contributed by atoms with Gasteiger partial charge in [0.15, 0.2) is 5.58 Å². The Kier molecular flexibility index (Phi) is 6.29. The summed E-state index contributed by atoms with van der Waals surface area (Å²) >= 11 is 0. The lowest BCUT2D eigenvalue weighted by atomic mass is 10.0. The molecule has 3 heteroatoms. The normalized spacial score (nSPS) is 12.0. The number of nitrogens with zero attached hydrogens (tertiary/aromatic N) is 2. The van der Waals surface area contributed by atoms with Gasteiger partial charge in [0.2, 0.25) is 0 Å². The number of para-hydroxylation sites is 3. The zero-order valence-corrected chi connectivity index (χ0v) is 27.4. The minimum Gasteiger partial charge on any atom is -0.454 e. The molecule has 0 saturated heterocycles. The van der Waals surface area contributed by atoms with Crippen LogP contribution in [0.5, 0.6) is 0 Å². The molecule has 3 aromatic heterocycles. The second kappa shape index (κ2) is 11.0. The van der Waals surface area contributed by atoms with E-state index in [0.29, 0.717) is 0 Å². The molecular formula is C46H34N2O. The van der Waals surface area contributed by atoms with E-state index in [2.05, 4.69) is 168 Å². The average molecular weight is 631 g/mol. The first-order valence-electron chi connectivity index (χ1n) is 17.3. The topological polar surface area (TPSA) is 23.0 Å². The van der Waals surface area contributed by atoms with Gasteiger partial charge in [0, 0.05) is 38.0 Å². The fourth-order valence-corrected chi connectivity index (χ4v) is 8.03. The van der Waals surface area contributed by atoms with Crippen LogP contribution in [0.4, 0.5) is 0 Å². The molecule has 0 atom stereocenters. The van der Waals surface area contributed by atoms with Crippen LogP contribution in [0.1, 0.15) is 25.3 Å². The largest absolute Gasteiger partial charge is 0.454 e. The molecule has 7 aromatic carbocycles. The van der Waals surface area contributed by atoms with Crippen LogP contribution in [-0.4, -0.2) is 9.13 Å². The zero-order chi connectivity index (χ0) is 32.5. The van der Waals surface area contributed by atoms with Gasteiger partial charge < -0.3 is 13.6 Å². The summed E-state index contributed by atoms with van der Waals surface area (Å²) in [5.74, 6) is 0. The maximum Gasteiger partial charge on any atom is 0.159 e. The molecule has 0 saturated carbocycles. The van der Waals surface area contributed by atoms with E-state index in [4.69, 9.17) is 4.42 Å². The van der Waals surface area contributed by atoms with Crippen molar-refractivity contribution in [3.63, 3.8) is 0 Å². The highest BCUT2D eigenvalue weighted by molar-refractivity contribution is 6.26. The molecule has 3 heterocycles. The Morgan fingerprint density at radius 2 is 1.24 bits per heavy atom. The maximum atomic E-state index is 6.72. The van der Waals surface area contributed by atoms with Gasteiger partial charge in [-0.3, -0.25) is 0 Å². The minimum atomic E-state index is 0.920. The number of fused-ring (bicyclic) bond motifs is 10. The summed E-state index contributed by atoms with van der Waals surface area (Å²) in [6.07, 6.45) is 3.46. The predicted molar refractivity (Wildman–Crippen MR) is 206 cm³/mol. The maximum absolute atomic E-state index is 6.72. The molecule has 0 aliphatic heterocycles. The number of furan rings is 1. The molecule has 10 aromatic rings. The Morgan fingerprint density at radius 1 is 0.510 bits per heavy atom. The van der Waals surface area contributed by atoms with Crippen LogP contribution in [0.2, 0.25) is 0 Å². The number of rotatable bonds is 6. The van der Waals surface area contributed by atoms with E-state index >= 15 is 0 Å². The van der Waals surface area contributed by atoms with Crippen LogP contribution >= 0.6 is 0 Å². The molecule has 0 aliphatic rings. The van der Waals surface area contributed by atoms with Gasteiger partial charge in [0.05, 0.1) is 27.8 Å². The van der Waals surface area contributed by atoms with Crippen molar-refractivity contribution < 1.29 is 4.42 Å². The van der Waals surface area contributed by atoms with Gasteiger partial charge in [-0.1, -0.05) is 116 Å². The molecule has 0 radical (unpaired) electrons. The quantitative estimate of drug-likeness (QED) is 0.179. The van der Waals surface area contributed by atoms with Crippen molar-refractivity contribution in [3.8, 4) is 22.5 Å². The summed E-state index contributed by atoms with van der Waals surface area (Å²) in [5, 5.41) is 7.31. The highest BCUT2D eigenvalue weighted by Crippen LogP contribution is 2.44. The molecule has 0 fully saturated rings. The third kappa shape index (κ3) is 4.22. The molecule has 49 heavy (non-hydrogen) atoms. The number of hydrogen-bond acceptors (Lipinski definition) is 1. The Labute approximate surface area is 284 Å². The summed E-state index contributed by atoms with van der Waals surface area (Å²) in [6, 6.07) is 55.1. The SMILES string of the molecule is CCCCc1ccc2oc3c(-n4c5ccccc5c5c4ccc4c6ccccc6n(-c6cccc(-c7ccccc7)c6)c45)cccc3c2c1. The molecular weight excluding hydrogens is 597 g/mol. The van der Waals surface area contributed by atoms with Gasteiger partial charge >= 0.3 is 0 Å². The molecule has 3 nitrogen and oxygen atoms in total. The smallest absolute Gasteiger partial charge is 0.159 e. The van der Waals surface area contributed by atoms with E-state index in [9.17, 15) is 0 Å². The Bertz CT molecular complexity index is 2870. The lowest BCUT2D eigenvalue weighted by molar-refractivity contribution is 0.666. The van der Waals surface area contributed by atoms with Gasteiger partial charge in [0.25, 0.3) is 0 Å². The van der Waals surface area contributed by atoms with Crippen molar-refractivity contribution in [2.24, 2.45) is 0 Å². The van der Waals surface area contributed by atoms with Crippen molar-refractivity contribution in [3.05, 3.63) is 157 Å². The molecule has 234 valence electrons. The Balaban J connectivity index is 1.30. The predicted octanol–water partition coefficient (Wildman–Crippen LogP) is 12.8. The second-order valence-electron chi connectivity index (χ2n) is 13.2. The fraction of sp³-hybridized carbons (Fsp3) is 0.0870. The number of hydrogen-bond donors (Lipinski definition) is 0. The van der Waals surface area contributed by atoms with Crippen LogP contribution in [0.15, 0.2) is 156 Å². The third-order valence-corrected chi connectivity index (χ3v) is 10.3. The van der Waals surface area contributed by atoms with E-state index < -0.39 is 0 Å². The van der Waals surface area contributed by atoms with Crippen LogP contribution in [0.25, 0.3) is 88.1 Å². The number of unbranched alkanes of at least 4 members (excludes halogenated alkanes) is 1. The summed E-state index contributed by atoms with van der Waals surface area (Å²) in [7, 11) is 0. The van der Waals surface area contributed by atoms with Crippen molar-refractivity contribution in [1.29, 1.82) is 0 Å². The number of aromatic nitrogens is 2. The van der Waals surface area contributed by atoms with Crippen LogP contribution in [0, 0.1) is 0 Å². The first kappa shape index (κ1) is 28.0. The average Bonchev–Trinajstić information content (AvgIpc) is 3.82. The molecule has 10 rings (SSSR count). The molecule has 0 aliphatic carbocycles. The first-order chi connectivity index (χ1) is 24.3. The lowest BCUT2D eigenvalue weighted by Crippen LogP contribution is -1.96. The molecule has 0 N–H and O–H groups in total. The number of aryl methyl sites for hydroxylation is 1. The third-order valence-electron chi connectivity index (χ3n) is 10.3. The minimum absolute atomic E-state index is 0.920. The first-order valence-corrected chi connectivity index (χ1v) is 17.3. The standard InChI is InChI=1S/C46H34N2O/c1-2-3-13-30-24-27-43-38(28-30)36-20-12-23-42(46(36)49-43)48-40-22-10-8-19-37(40)44-41(48)26-25-35-34-18-7-9-21-39(34)47(45(35)44)33-17-11-16-32(29-33)31-14-5-4-6-15-31/h4-12,14-29H,2-3,13H2,1H3. The van der Waals surface area contributed by atoms with Crippen LogP contribution in [-0.2, 0) is 6.42 Å². The van der Waals surface area contributed by atoms with Crippen molar-refractivity contribution in [2.75, 3.05) is 0 Å². The van der Waals surface area contributed by atoms with Crippen LogP contribution in [0.3, 0.4) is 0 Å². The van der Waals surface area contributed by atoms with E-state index in [1.807, 2.05) is 0 Å². The van der Waals surface area contributed by atoms with Gasteiger partial charge in [-0.05, 0) is 78.1 Å². The second-order valence-corrected chi connectivity index (χ2v) is 13.2. The van der Waals surface area contributed by atoms with Gasteiger partial charge in [-0.25, -0.2) is 0 Å². The number of benzene rings is 7. The molecule has 0 spiro atoms. The summed E-state index contributed by atoms with van der Waals surface area (Å²) in [5.41, 5.74) is 12.6. The van der Waals surface area contributed by atoms with E-state index in [0.717, 1.165) is 45.4 Å².